The Labute approximate surface area is 138 Å². The van der Waals surface area contributed by atoms with E-state index in [1.54, 1.807) is 0 Å². The quantitative estimate of drug-likeness (QED) is 0.769. The minimum absolute atomic E-state index is 0.0602. The Morgan fingerprint density at radius 1 is 1.35 bits per heavy atom. The van der Waals surface area contributed by atoms with Gasteiger partial charge in [0.15, 0.2) is 0 Å². The minimum atomic E-state index is -3.53. The number of fused-ring (bicyclic) bond motifs is 1. The van der Waals surface area contributed by atoms with Gasteiger partial charge in [0.05, 0.1) is 36.3 Å². The van der Waals surface area contributed by atoms with Crippen LogP contribution in [-0.2, 0) is 23.9 Å². The molecule has 1 aromatic rings. The molecule has 0 saturated carbocycles. The highest BCUT2D eigenvalue weighted by Crippen LogP contribution is 2.36. The average molecular weight is 356 g/mol. The van der Waals surface area contributed by atoms with Gasteiger partial charge in [0.25, 0.3) is 10.1 Å². The second-order valence-corrected chi connectivity index (χ2v) is 8.24. The molecular formula is C14H16N2O5S2. The van der Waals surface area contributed by atoms with E-state index < -0.39 is 10.1 Å². The van der Waals surface area contributed by atoms with E-state index in [-0.39, 0.29) is 30.4 Å². The number of anilines is 1. The minimum Gasteiger partial charge on any atom is -0.350 e. The second kappa shape index (κ2) is 6.14. The lowest BCUT2D eigenvalue weighted by Gasteiger charge is -2.18. The van der Waals surface area contributed by atoms with Crippen LogP contribution in [-0.4, -0.2) is 44.9 Å². The second-order valence-electron chi connectivity index (χ2n) is 5.57. The summed E-state index contributed by atoms with van der Waals surface area (Å²) in [6, 6.07) is 5.22. The molecule has 3 rings (SSSR count). The molecule has 2 atom stereocenters. The SMILES string of the molecule is CS(=O)(=O)OCC1C[C@@H](c2ccc3c(c2)NC(=O)CS3)C(=O)N1. The maximum absolute atomic E-state index is 12.1. The van der Waals surface area contributed by atoms with Crippen molar-refractivity contribution in [1.29, 1.82) is 0 Å². The molecule has 0 spiro atoms. The number of hydrogen-bond acceptors (Lipinski definition) is 6. The zero-order valence-corrected chi connectivity index (χ0v) is 14.0. The monoisotopic (exact) mass is 356 g/mol. The predicted molar refractivity (Wildman–Crippen MR) is 85.9 cm³/mol. The molecule has 7 nitrogen and oxygen atoms in total. The maximum atomic E-state index is 12.1. The summed E-state index contributed by atoms with van der Waals surface area (Å²) in [5.41, 5.74) is 1.51. The highest BCUT2D eigenvalue weighted by atomic mass is 32.2. The summed E-state index contributed by atoms with van der Waals surface area (Å²) in [4.78, 5) is 24.6. The third kappa shape index (κ3) is 3.85. The Balaban J connectivity index is 1.73. The molecule has 1 fully saturated rings. The van der Waals surface area contributed by atoms with Gasteiger partial charge >= 0.3 is 0 Å². The summed E-state index contributed by atoms with van der Waals surface area (Å²) in [5, 5.41) is 5.54. The average Bonchev–Trinajstić information content (AvgIpc) is 2.85. The number of amides is 2. The van der Waals surface area contributed by atoms with E-state index in [2.05, 4.69) is 10.6 Å². The lowest BCUT2D eigenvalue weighted by Crippen LogP contribution is -2.30. The first-order valence-electron chi connectivity index (χ1n) is 7.03. The van der Waals surface area contributed by atoms with Crippen molar-refractivity contribution in [3.8, 4) is 0 Å². The van der Waals surface area contributed by atoms with Gasteiger partial charge in [-0.2, -0.15) is 8.42 Å². The fraction of sp³-hybridized carbons (Fsp3) is 0.429. The molecule has 0 bridgehead atoms. The van der Waals surface area contributed by atoms with Gasteiger partial charge in [-0.15, -0.1) is 11.8 Å². The van der Waals surface area contributed by atoms with E-state index >= 15 is 0 Å². The Morgan fingerprint density at radius 3 is 2.87 bits per heavy atom. The van der Waals surface area contributed by atoms with Crippen molar-refractivity contribution in [1.82, 2.24) is 5.32 Å². The largest absolute Gasteiger partial charge is 0.350 e. The molecule has 1 aromatic carbocycles. The van der Waals surface area contributed by atoms with Crippen LogP contribution in [0.3, 0.4) is 0 Å². The first-order chi connectivity index (χ1) is 10.8. The Kier molecular flexibility index (Phi) is 4.35. The predicted octanol–water partition coefficient (Wildman–Crippen LogP) is 0.679. The highest BCUT2D eigenvalue weighted by molar-refractivity contribution is 8.00. The third-order valence-corrected chi connectivity index (χ3v) is 5.34. The van der Waals surface area contributed by atoms with Crippen molar-refractivity contribution in [2.45, 2.75) is 23.3 Å². The molecule has 1 unspecified atom stereocenters. The fourth-order valence-corrected chi connectivity index (χ4v) is 3.87. The van der Waals surface area contributed by atoms with Gasteiger partial charge in [-0.25, -0.2) is 0 Å². The number of hydrogen-bond donors (Lipinski definition) is 2. The number of rotatable bonds is 4. The fourth-order valence-electron chi connectivity index (χ4n) is 2.67. The van der Waals surface area contributed by atoms with E-state index in [0.29, 0.717) is 17.9 Å². The van der Waals surface area contributed by atoms with Crippen LogP contribution in [0.4, 0.5) is 5.69 Å². The molecular weight excluding hydrogens is 340 g/mol. The lowest BCUT2D eigenvalue weighted by molar-refractivity contribution is -0.120. The molecule has 0 aromatic heterocycles. The molecule has 2 N–H and O–H groups in total. The van der Waals surface area contributed by atoms with E-state index in [9.17, 15) is 18.0 Å². The molecule has 2 aliphatic heterocycles. The van der Waals surface area contributed by atoms with Crippen LogP contribution in [0.2, 0.25) is 0 Å². The standard InChI is InChI=1S/C14H16N2O5S2/c1-23(19,20)21-6-9-5-10(14(18)15-9)8-2-3-12-11(4-8)16-13(17)7-22-12/h2-4,9-10H,5-7H2,1H3,(H,15,18)(H,16,17)/t9?,10-/m0/s1. The van der Waals surface area contributed by atoms with Crippen LogP contribution in [0.25, 0.3) is 0 Å². The van der Waals surface area contributed by atoms with Gasteiger partial charge in [-0.1, -0.05) is 6.07 Å². The number of thioether (sulfide) groups is 1. The number of nitrogens with one attached hydrogen (secondary N) is 2. The van der Waals surface area contributed by atoms with E-state index in [1.165, 1.54) is 11.8 Å². The first-order valence-corrected chi connectivity index (χ1v) is 9.83. The molecule has 2 aliphatic rings. The zero-order valence-electron chi connectivity index (χ0n) is 12.4. The molecule has 124 valence electrons. The van der Waals surface area contributed by atoms with Crippen LogP contribution in [0.15, 0.2) is 23.1 Å². The van der Waals surface area contributed by atoms with Crippen molar-refractivity contribution in [3.63, 3.8) is 0 Å². The van der Waals surface area contributed by atoms with Gasteiger partial charge in [-0.05, 0) is 24.1 Å². The number of carbonyl (C=O) groups excluding carboxylic acids is 2. The van der Waals surface area contributed by atoms with Crippen LogP contribution in [0.1, 0.15) is 17.9 Å². The summed E-state index contributed by atoms with van der Waals surface area (Å²) in [5.74, 6) is -0.213. The lowest BCUT2D eigenvalue weighted by atomic mass is 9.95. The topological polar surface area (TPSA) is 102 Å². The maximum Gasteiger partial charge on any atom is 0.264 e. The Morgan fingerprint density at radius 2 is 2.13 bits per heavy atom. The van der Waals surface area contributed by atoms with Crippen molar-refractivity contribution >= 4 is 39.4 Å². The van der Waals surface area contributed by atoms with Crippen LogP contribution in [0, 0.1) is 0 Å². The van der Waals surface area contributed by atoms with Crippen molar-refractivity contribution in [2.75, 3.05) is 23.9 Å². The number of benzene rings is 1. The molecule has 0 radical (unpaired) electrons. The highest BCUT2D eigenvalue weighted by Gasteiger charge is 2.34. The molecule has 23 heavy (non-hydrogen) atoms. The summed E-state index contributed by atoms with van der Waals surface area (Å²) in [6.07, 6.45) is 1.43. The van der Waals surface area contributed by atoms with Crippen LogP contribution in [0.5, 0.6) is 0 Å². The van der Waals surface area contributed by atoms with E-state index in [4.69, 9.17) is 4.18 Å². The molecule has 0 aliphatic carbocycles. The van der Waals surface area contributed by atoms with Gasteiger partial charge in [0, 0.05) is 4.90 Å². The summed E-state index contributed by atoms with van der Waals surface area (Å²) in [7, 11) is -3.53. The van der Waals surface area contributed by atoms with E-state index in [0.717, 1.165) is 16.7 Å². The van der Waals surface area contributed by atoms with Crippen LogP contribution >= 0.6 is 11.8 Å². The zero-order chi connectivity index (χ0) is 16.6. The smallest absolute Gasteiger partial charge is 0.264 e. The first kappa shape index (κ1) is 16.3. The van der Waals surface area contributed by atoms with Gasteiger partial charge in [0.1, 0.15) is 0 Å². The van der Waals surface area contributed by atoms with Crippen molar-refractivity contribution < 1.29 is 22.2 Å². The summed E-state index contributed by atoms with van der Waals surface area (Å²) < 4.78 is 26.8. The Bertz CT molecular complexity index is 762. The number of carbonyl (C=O) groups is 2. The molecule has 1 saturated heterocycles. The van der Waals surface area contributed by atoms with Crippen molar-refractivity contribution in [3.05, 3.63) is 23.8 Å². The Hall–Kier alpha value is -1.58. The van der Waals surface area contributed by atoms with Gasteiger partial charge in [0.2, 0.25) is 11.8 Å². The van der Waals surface area contributed by atoms with E-state index in [1.807, 2.05) is 18.2 Å². The summed E-state index contributed by atoms with van der Waals surface area (Å²) >= 11 is 1.46. The normalized spacial score (nSPS) is 24.0. The van der Waals surface area contributed by atoms with Gasteiger partial charge < -0.3 is 10.6 Å². The molecule has 9 heteroatoms. The summed E-state index contributed by atoms with van der Waals surface area (Å²) in [6.45, 7) is -0.0708. The van der Waals surface area contributed by atoms with Crippen molar-refractivity contribution in [2.24, 2.45) is 0 Å². The van der Waals surface area contributed by atoms with Crippen LogP contribution < -0.4 is 10.6 Å². The molecule has 2 heterocycles. The third-order valence-electron chi connectivity index (χ3n) is 3.71. The molecule has 2 amide bonds. The van der Waals surface area contributed by atoms with Gasteiger partial charge in [-0.3, -0.25) is 13.8 Å².